The van der Waals surface area contributed by atoms with E-state index < -0.39 is 0 Å². The summed E-state index contributed by atoms with van der Waals surface area (Å²) in [6.07, 6.45) is 3.40. The Morgan fingerprint density at radius 1 is 1.42 bits per heavy atom. The second kappa shape index (κ2) is 3.13. The van der Waals surface area contributed by atoms with Crippen LogP contribution in [0.2, 0.25) is 0 Å². The van der Waals surface area contributed by atoms with Crippen molar-refractivity contribution in [3.63, 3.8) is 0 Å². The van der Waals surface area contributed by atoms with Crippen molar-refractivity contribution in [3.05, 3.63) is 30.9 Å². The molecule has 0 spiro atoms. The maximum atomic E-state index is 5.63. The number of nitrogens with zero attached hydrogens (tertiary/aromatic N) is 1. The highest BCUT2D eigenvalue weighted by atomic mass is 16.5. The Morgan fingerprint density at radius 2 is 2.08 bits per heavy atom. The molecule has 0 aliphatic rings. The SMILES string of the molecule is [CH2]c1cnccc1OC(C)(C)C. The van der Waals surface area contributed by atoms with Gasteiger partial charge in [0, 0.05) is 18.0 Å². The Balaban J connectivity index is 2.83. The van der Waals surface area contributed by atoms with Crippen LogP contribution in [0.5, 0.6) is 5.75 Å². The van der Waals surface area contributed by atoms with Crippen LogP contribution in [0.3, 0.4) is 0 Å². The Morgan fingerprint density at radius 3 is 2.58 bits per heavy atom. The lowest BCUT2D eigenvalue weighted by Gasteiger charge is -2.22. The van der Waals surface area contributed by atoms with Crippen molar-refractivity contribution in [2.45, 2.75) is 26.4 Å². The number of hydrogen-bond acceptors (Lipinski definition) is 2. The Bertz CT molecular complexity index is 263. The number of hydrogen-bond donors (Lipinski definition) is 0. The van der Waals surface area contributed by atoms with E-state index in [0.717, 1.165) is 11.3 Å². The fourth-order valence-electron chi connectivity index (χ4n) is 0.844. The molecule has 0 N–H and O–H groups in total. The minimum atomic E-state index is -0.173. The van der Waals surface area contributed by atoms with Crippen molar-refractivity contribution < 1.29 is 4.74 Å². The van der Waals surface area contributed by atoms with Gasteiger partial charge in [0.25, 0.3) is 0 Å². The van der Waals surface area contributed by atoms with E-state index in [0.29, 0.717) is 0 Å². The Kier molecular flexibility index (Phi) is 2.36. The second-order valence-corrected chi connectivity index (χ2v) is 3.70. The minimum Gasteiger partial charge on any atom is -0.488 e. The van der Waals surface area contributed by atoms with Gasteiger partial charge in [-0.1, -0.05) is 0 Å². The first-order chi connectivity index (χ1) is 5.49. The molecule has 0 saturated heterocycles. The fraction of sp³-hybridized carbons (Fsp3) is 0.400. The van der Waals surface area contributed by atoms with Gasteiger partial charge in [-0.2, -0.15) is 0 Å². The molecule has 0 aliphatic heterocycles. The van der Waals surface area contributed by atoms with Gasteiger partial charge in [-0.3, -0.25) is 4.98 Å². The third-order valence-electron chi connectivity index (χ3n) is 1.27. The molecule has 0 unspecified atom stereocenters. The average Bonchev–Trinajstić information content (AvgIpc) is 1.91. The summed E-state index contributed by atoms with van der Waals surface area (Å²) in [5.41, 5.74) is 0.653. The summed E-state index contributed by atoms with van der Waals surface area (Å²) in [4.78, 5) is 3.93. The molecule has 0 bridgehead atoms. The van der Waals surface area contributed by atoms with E-state index in [1.165, 1.54) is 0 Å². The fourth-order valence-corrected chi connectivity index (χ4v) is 0.844. The van der Waals surface area contributed by atoms with Crippen LogP contribution in [-0.4, -0.2) is 10.6 Å². The van der Waals surface area contributed by atoms with Crippen molar-refractivity contribution in [2.24, 2.45) is 0 Å². The molecule has 1 aromatic heterocycles. The molecular formula is C10H14NO. The van der Waals surface area contributed by atoms with Gasteiger partial charge in [0.1, 0.15) is 11.4 Å². The van der Waals surface area contributed by atoms with Crippen molar-refractivity contribution >= 4 is 0 Å². The summed E-state index contributed by atoms with van der Waals surface area (Å²) in [6, 6.07) is 1.83. The van der Waals surface area contributed by atoms with Gasteiger partial charge in [-0.25, -0.2) is 0 Å². The molecule has 0 atom stereocenters. The minimum absolute atomic E-state index is 0.173. The van der Waals surface area contributed by atoms with Gasteiger partial charge in [-0.15, -0.1) is 0 Å². The largest absolute Gasteiger partial charge is 0.488 e. The van der Waals surface area contributed by atoms with E-state index in [1.54, 1.807) is 12.4 Å². The van der Waals surface area contributed by atoms with Gasteiger partial charge in [-0.05, 0) is 33.8 Å². The lowest BCUT2D eigenvalue weighted by Crippen LogP contribution is -2.23. The van der Waals surface area contributed by atoms with Crippen molar-refractivity contribution in [1.29, 1.82) is 0 Å². The number of rotatable bonds is 1. The summed E-state index contributed by atoms with van der Waals surface area (Å²) < 4.78 is 5.63. The molecule has 0 fully saturated rings. The average molecular weight is 164 g/mol. The van der Waals surface area contributed by atoms with Crippen LogP contribution in [-0.2, 0) is 0 Å². The molecule has 2 heteroatoms. The van der Waals surface area contributed by atoms with E-state index >= 15 is 0 Å². The molecule has 12 heavy (non-hydrogen) atoms. The van der Waals surface area contributed by atoms with E-state index in [4.69, 9.17) is 4.74 Å². The van der Waals surface area contributed by atoms with Crippen LogP contribution in [0.15, 0.2) is 18.5 Å². The van der Waals surface area contributed by atoms with Crippen molar-refractivity contribution in [2.75, 3.05) is 0 Å². The lowest BCUT2D eigenvalue weighted by atomic mass is 10.2. The van der Waals surface area contributed by atoms with Crippen LogP contribution < -0.4 is 4.74 Å². The molecule has 0 amide bonds. The summed E-state index contributed by atoms with van der Waals surface area (Å²) in [5, 5.41) is 0. The van der Waals surface area contributed by atoms with Crippen LogP contribution in [0.4, 0.5) is 0 Å². The summed E-state index contributed by atoms with van der Waals surface area (Å²) in [6.45, 7) is 9.84. The number of ether oxygens (including phenoxy) is 1. The summed E-state index contributed by atoms with van der Waals surface area (Å²) in [5.74, 6) is 0.803. The van der Waals surface area contributed by atoms with Gasteiger partial charge in [0.05, 0.1) is 0 Å². The second-order valence-electron chi connectivity index (χ2n) is 3.70. The molecule has 65 valence electrons. The van der Waals surface area contributed by atoms with Crippen molar-refractivity contribution in [3.8, 4) is 5.75 Å². The van der Waals surface area contributed by atoms with E-state index in [9.17, 15) is 0 Å². The zero-order chi connectivity index (χ0) is 9.19. The topological polar surface area (TPSA) is 22.1 Å². The first-order valence-corrected chi connectivity index (χ1v) is 3.94. The first kappa shape index (κ1) is 9.04. The van der Waals surface area contributed by atoms with Gasteiger partial charge < -0.3 is 4.74 Å². The molecule has 1 rings (SSSR count). The van der Waals surface area contributed by atoms with Crippen LogP contribution >= 0.6 is 0 Å². The maximum Gasteiger partial charge on any atom is 0.126 e. The highest BCUT2D eigenvalue weighted by Gasteiger charge is 2.12. The summed E-state index contributed by atoms with van der Waals surface area (Å²) in [7, 11) is 0. The monoisotopic (exact) mass is 164 g/mol. The number of pyridine rings is 1. The van der Waals surface area contributed by atoms with Gasteiger partial charge in [0.15, 0.2) is 0 Å². The normalized spacial score (nSPS) is 11.3. The molecule has 0 saturated carbocycles. The quantitative estimate of drug-likeness (QED) is 0.636. The lowest BCUT2D eigenvalue weighted by molar-refractivity contribution is 0.130. The standard InChI is InChI=1S/C10H14NO/c1-8-7-11-6-5-9(8)12-10(2,3)4/h5-7H,1H2,2-4H3. The third kappa shape index (κ3) is 2.53. The molecule has 1 aromatic rings. The predicted molar refractivity (Wildman–Crippen MR) is 49.1 cm³/mol. The zero-order valence-corrected chi connectivity index (χ0v) is 7.79. The van der Waals surface area contributed by atoms with E-state index in [2.05, 4.69) is 11.9 Å². The maximum absolute atomic E-state index is 5.63. The molecule has 1 radical (unpaired) electrons. The first-order valence-electron chi connectivity index (χ1n) is 3.94. The van der Waals surface area contributed by atoms with Gasteiger partial charge >= 0.3 is 0 Å². The van der Waals surface area contributed by atoms with Crippen LogP contribution in [0.25, 0.3) is 0 Å². The zero-order valence-electron chi connectivity index (χ0n) is 7.79. The molecule has 2 nitrogen and oxygen atoms in total. The molecule has 0 aromatic carbocycles. The Hall–Kier alpha value is -1.05. The predicted octanol–water partition coefficient (Wildman–Crippen LogP) is 2.44. The highest BCUT2D eigenvalue weighted by molar-refractivity contribution is 5.32. The Labute approximate surface area is 73.6 Å². The van der Waals surface area contributed by atoms with E-state index in [-0.39, 0.29) is 5.60 Å². The molecular weight excluding hydrogens is 150 g/mol. The van der Waals surface area contributed by atoms with Crippen LogP contribution in [0.1, 0.15) is 26.3 Å². The summed E-state index contributed by atoms with van der Waals surface area (Å²) >= 11 is 0. The third-order valence-corrected chi connectivity index (χ3v) is 1.27. The molecule has 0 aliphatic carbocycles. The smallest absolute Gasteiger partial charge is 0.126 e. The van der Waals surface area contributed by atoms with Crippen molar-refractivity contribution in [1.82, 2.24) is 4.98 Å². The van der Waals surface area contributed by atoms with Gasteiger partial charge in [0.2, 0.25) is 0 Å². The highest BCUT2D eigenvalue weighted by Crippen LogP contribution is 2.20. The molecule has 1 heterocycles. The van der Waals surface area contributed by atoms with Crippen LogP contribution in [0, 0.1) is 6.92 Å². The number of aromatic nitrogens is 1. The van der Waals surface area contributed by atoms with E-state index in [1.807, 2.05) is 26.8 Å².